The van der Waals surface area contributed by atoms with Gasteiger partial charge in [0.25, 0.3) is 0 Å². The maximum absolute atomic E-state index is 13.2. The normalized spacial score (nSPS) is 24.6. The predicted molar refractivity (Wildman–Crippen MR) is 204 cm³/mol. The Morgan fingerprint density at radius 2 is 1.50 bits per heavy atom. The summed E-state index contributed by atoms with van der Waals surface area (Å²) in [7, 11) is 7.83. The van der Waals surface area contributed by atoms with Crippen LogP contribution < -0.4 is 4.74 Å². The van der Waals surface area contributed by atoms with Crippen molar-refractivity contribution in [2.75, 3.05) is 59.4 Å². The van der Waals surface area contributed by atoms with E-state index in [1.807, 2.05) is 21.6 Å². The highest BCUT2D eigenvalue weighted by molar-refractivity contribution is 8.77. The maximum Gasteiger partial charge on any atom is 0.435 e. The zero-order valence-corrected chi connectivity index (χ0v) is 34.9. The lowest BCUT2D eigenvalue weighted by molar-refractivity contribution is -0.457. The fourth-order valence-corrected chi connectivity index (χ4v) is 11.7. The second-order valence-corrected chi connectivity index (χ2v) is 19.7. The highest BCUT2D eigenvalue weighted by Gasteiger charge is 2.85. The number of halogens is 9. The summed E-state index contributed by atoms with van der Waals surface area (Å²) >= 11 is 0. The van der Waals surface area contributed by atoms with Crippen molar-refractivity contribution in [2.45, 2.75) is 139 Å². The second-order valence-electron chi connectivity index (χ2n) is 16.6. The van der Waals surface area contributed by atoms with Gasteiger partial charge in [0.15, 0.2) is 0 Å². The van der Waals surface area contributed by atoms with E-state index < -0.39 is 37.2 Å². The molecule has 2 fully saturated rings. The molecular weight excluding hydrogens is 794 g/mol. The van der Waals surface area contributed by atoms with Crippen LogP contribution in [0.2, 0.25) is 0 Å². The number of ether oxygens (including phenoxy) is 4. The van der Waals surface area contributed by atoms with Crippen LogP contribution in [0.5, 0.6) is 5.75 Å². The lowest BCUT2D eigenvalue weighted by Crippen LogP contribution is -2.67. The van der Waals surface area contributed by atoms with Crippen molar-refractivity contribution in [3.05, 3.63) is 29.3 Å². The van der Waals surface area contributed by atoms with Crippen LogP contribution in [0.4, 0.5) is 39.5 Å². The number of rotatable bonds is 22. The first-order valence-corrected chi connectivity index (χ1v) is 22.2. The van der Waals surface area contributed by atoms with Crippen molar-refractivity contribution in [1.29, 1.82) is 0 Å². The monoisotopic (exact) mass is 853 g/mol. The number of nitrogens with zero attached hydrogens (tertiary/aromatic N) is 1. The van der Waals surface area contributed by atoms with Crippen molar-refractivity contribution in [3.63, 3.8) is 0 Å². The van der Waals surface area contributed by atoms with E-state index in [-0.39, 0.29) is 22.9 Å². The summed E-state index contributed by atoms with van der Waals surface area (Å²) in [6, 6.07) is 6.41. The third-order valence-corrected chi connectivity index (χ3v) is 15.6. The molecule has 56 heavy (non-hydrogen) atoms. The van der Waals surface area contributed by atoms with Crippen molar-refractivity contribution in [1.82, 2.24) is 4.90 Å². The Hall–Kier alpha value is -1.07. The van der Waals surface area contributed by atoms with E-state index in [0.717, 1.165) is 70.4 Å². The summed E-state index contributed by atoms with van der Waals surface area (Å²) in [5.41, 5.74) is -3.87. The highest BCUT2D eigenvalue weighted by Crippen LogP contribution is 2.62. The zero-order chi connectivity index (χ0) is 41.4. The molecule has 0 radical (unpaired) electrons. The molecule has 0 N–H and O–H groups in total. The zero-order valence-electron chi connectivity index (χ0n) is 33.3. The Balaban J connectivity index is 1.20. The quantitative estimate of drug-likeness (QED) is 0.0654. The number of alkyl halides is 9. The fraction of sp³-hybridized carbons (Fsp3) is 0.850. The predicted octanol–water partition coefficient (Wildman–Crippen LogP) is 11.8. The van der Waals surface area contributed by atoms with E-state index in [0.29, 0.717) is 30.8 Å². The van der Waals surface area contributed by atoms with Crippen LogP contribution >= 0.6 is 21.6 Å². The highest BCUT2D eigenvalue weighted by atomic mass is 33.1. The first kappa shape index (κ1) is 47.6. The molecule has 3 aliphatic carbocycles. The fourth-order valence-electron chi connectivity index (χ4n) is 9.01. The van der Waals surface area contributed by atoms with Gasteiger partial charge in [-0.15, -0.1) is 0 Å². The molecule has 0 aliphatic heterocycles. The van der Waals surface area contributed by atoms with Crippen LogP contribution in [-0.2, 0) is 20.6 Å². The minimum Gasteiger partial charge on any atom is -0.492 e. The van der Waals surface area contributed by atoms with Crippen molar-refractivity contribution in [3.8, 4) is 5.75 Å². The maximum atomic E-state index is 13.2. The summed E-state index contributed by atoms with van der Waals surface area (Å²) in [5.74, 6) is 3.11. The van der Waals surface area contributed by atoms with Crippen LogP contribution in [0.1, 0.15) is 108 Å². The van der Waals surface area contributed by atoms with Gasteiger partial charge in [-0.3, -0.25) is 0 Å². The number of benzene rings is 1. The van der Waals surface area contributed by atoms with Crippen LogP contribution in [0.25, 0.3) is 0 Å². The molecule has 0 amide bonds. The van der Waals surface area contributed by atoms with E-state index in [9.17, 15) is 39.5 Å². The molecule has 0 heterocycles. The van der Waals surface area contributed by atoms with Gasteiger partial charge in [0.2, 0.25) is 0 Å². The van der Waals surface area contributed by atoms with Gasteiger partial charge in [0.1, 0.15) is 12.4 Å². The molecule has 0 spiro atoms. The third-order valence-electron chi connectivity index (χ3n) is 12.2. The van der Waals surface area contributed by atoms with Gasteiger partial charge >= 0.3 is 24.1 Å². The Kier molecular flexibility index (Phi) is 17.0. The van der Waals surface area contributed by atoms with Gasteiger partial charge in [-0.25, -0.2) is 0 Å². The molecule has 0 aromatic heterocycles. The first-order chi connectivity index (χ1) is 26.2. The molecule has 5 atom stereocenters. The lowest BCUT2D eigenvalue weighted by Gasteiger charge is -2.50. The summed E-state index contributed by atoms with van der Waals surface area (Å²) < 4.78 is 140. The molecule has 324 valence electrons. The molecule has 0 saturated heterocycles. The first-order valence-electron chi connectivity index (χ1n) is 19.9. The smallest absolute Gasteiger partial charge is 0.435 e. The standard InChI is InChI=1S/C40H60F9NO4S2/c1-35(2,56-55-26-9-7-6-8-22-51-5)19-20-50(4)21-25-52-29-12-14-30-28(27-29)11-13-32-31(30)17-18-36(3)33(32)15-16-34(36)53-23-10-24-54-37(38(41,42)43,39(44,45)46)40(47,48)49/h12,14,27,31-34H,6-11,13,15-26H2,1-5H3/t31?,32?,33?,34-,36-/m0/s1. The van der Waals surface area contributed by atoms with Crippen molar-refractivity contribution in [2.24, 2.45) is 17.3 Å². The van der Waals surface area contributed by atoms with Gasteiger partial charge < -0.3 is 23.8 Å². The summed E-state index contributed by atoms with van der Waals surface area (Å²) in [6.07, 6.45) is -9.96. The number of hydrogen-bond acceptors (Lipinski definition) is 7. The molecule has 1 aromatic carbocycles. The van der Waals surface area contributed by atoms with Gasteiger partial charge in [-0.2, -0.15) is 39.5 Å². The molecular formula is C40H60F9NO4S2. The topological polar surface area (TPSA) is 40.2 Å². The molecule has 0 bridgehead atoms. The molecule has 16 heteroatoms. The second kappa shape index (κ2) is 20.0. The largest absolute Gasteiger partial charge is 0.492 e. The van der Waals surface area contributed by atoms with E-state index >= 15 is 0 Å². The SMILES string of the molecule is COCCCCCCSSC(C)(C)CCN(C)CCOc1ccc2c(c1)CCC1C2CC[C@@]2(C)C1CC[C@@H]2OCCCOC(C(F)(F)F)(C(F)(F)F)C(F)(F)F. The van der Waals surface area contributed by atoms with E-state index in [4.69, 9.17) is 14.2 Å². The van der Waals surface area contributed by atoms with E-state index in [2.05, 4.69) is 55.7 Å². The Labute approximate surface area is 334 Å². The number of fused-ring (bicyclic) bond motifs is 5. The van der Waals surface area contributed by atoms with Gasteiger partial charge in [0.05, 0.1) is 12.7 Å². The molecule has 4 rings (SSSR count). The van der Waals surface area contributed by atoms with E-state index in [1.165, 1.54) is 36.1 Å². The van der Waals surface area contributed by atoms with Crippen LogP contribution in [-0.4, -0.2) is 99.3 Å². The molecule has 2 saturated carbocycles. The molecule has 5 nitrogen and oxygen atoms in total. The number of methoxy groups -OCH3 is 1. The van der Waals surface area contributed by atoms with Gasteiger partial charge in [0, 0.05) is 37.4 Å². The number of unbranched alkanes of at least 4 members (excludes halogenated alkanes) is 3. The van der Waals surface area contributed by atoms with Gasteiger partial charge in [-0.05, 0) is 138 Å². The Bertz CT molecular complexity index is 1330. The van der Waals surface area contributed by atoms with Gasteiger partial charge in [-0.1, -0.05) is 47.4 Å². The lowest BCUT2D eigenvalue weighted by atomic mass is 9.55. The Morgan fingerprint density at radius 1 is 0.804 bits per heavy atom. The minimum atomic E-state index is -6.74. The third kappa shape index (κ3) is 11.6. The molecule has 3 aliphatic rings. The molecule has 3 unspecified atom stereocenters. The summed E-state index contributed by atoms with van der Waals surface area (Å²) in [6.45, 7) is 8.27. The van der Waals surface area contributed by atoms with Crippen LogP contribution in [0.15, 0.2) is 18.2 Å². The van der Waals surface area contributed by atoms with Crippen LogP contribution in [0.3, 0.4) is 0 Å². The van der Waals surface area contributed by atoms with Crippen LogP contribution in [0, 0.1) is 17.3 Å². The average Bonchev–Trinajstić information content (AvgIpc) is 3.44. The number of aryl methyl sites for hydroxylation is 1. The number of likely N-dealkylation sites (N-methyl/N-ethyl adjacent to an activating group) is 1. The summed E-state index contributed by atoms with van der Waals surface area (Å²) in [4.78, 5) is 2.32. The average molecular weight is 854 g/mol. The number of hydrogen-bond donors (Lipinski definition) is 0. The van der Waals surface area contributed by atoms with Crippen molar-refractivity contribution >= 4 is 21.6 Å². The minimum absolute atomic E-state index is 0.187. The van der Waals surface area contributed by atoms with E-state index in [1.54, 1.807) is 7.11 Å². The van der Waals surface area contributed by atoms with Crippen molar-refractivity contribution < 1.29 is 58.5 Å². The summed E-state index contributed by atoms with van der Waals surface area (Å²) in [5, 5.41) is 0. The Morgan fingerprint density at radius 3 is 2.18 bits per heavy atom. The molecule has 1 aromatic rings.